The van der Waals surface area contributed by atoms with Gasteiger partial charge >= 0.3 is 12.4 Å². The fourth-order valence-corrected chi connectivity index (χ4v) is 3.96. The van der Waals surface area contributed by atoms with Crippen LogP contribution in [0.5, 0.6) is 5.75 Å². The first-order chi connectivity index (χ1) is 17.3. The standard InChI is InChI=1S/C22H20F7N5O2S/c1-12-19(17(37-34-12)8-14-9-32-18(10-31-14)22(27,28)29)20(35)33-13-3-4-15(23)16(7-13)36-6-2-5-30-11-21(24,25)26/h3-4,7,9-10,30H,2,5-6,8,11H2,1H3,(H,33,35). The van der Waals surface area contributed by atoms with Gasteiger partial charge in [0.15, 0.2) is 17.3 Å². The van der Waals surface area contributed by atoms with E-state index in [1.165, 1.54) is 12.1 Å². The van der Waals surface area contributed by atoms with Crippen molar-refractivity contribution in [2.45, 2.75) is 32.1 Å². The molecule has 1 amide bonds. The van der Waals surface area contributed by atoms with Crippen LogP contribution < -0.4 is 15.4 Å². The second-order valence-electron chi connectivity index (χ2n) is 7.73. The molecule has 7 nitrogen and oxygen atoms in total. The van der Waals surface area contributed by atoms with Crippen LogP contribution in [0.2, 0.25) is 0 Å². The summed E-state index contributed by atoms with van der Waals surface area (Å²) in [5.74, 6) is -1.51. The number of ether oxygens (including phenoxy) is 1. The van der Waals surface area contributed by atoms with Crippen LogP contribution in [0.25, 0.3) is 0 Å². The maximum Gasteiger partial charge on any atom is 0.434 e. The number of aromatic nitrogens is 3. The van der Waals surface area contributed by atoms with Gasteiger partial charge in [-0.05, 0) is 43.6 Å². The van der Waals surface area contributed by atoms with E-state index in [4.69, 9.17) is 4.74 Å². The normalized spacial score (nSPS) is 12.0. The third kappa shape index (κ3) is 8.35. The quantitative estimate of drug-likeness (QED) is 0.267. The number of carbonyl (C=O) groups excluding carboxylic acids is 1. The number of hydrogen-bond acceptors (Lipinski definition) is 7. The van der Waals surface area contributed by atoms with E-state index >= 15 is 0 Å². The Balaban J connectivity index is 1.63. The van der Waals surface area contributed by atoms with E-state index in [2.05, 4.69) is 25.0 Å². The number of halogens is 7. The van der Waals surface area contributed by atoms with Gasteiger partial charge in [0.25, 0.3) is 5.91 Å². The van der Waals surface area contributed by atoms with E-state index in [1.54, 1.807) is 6.92 Å². The zero-order valence-electron chi connectivity index (χ0n) is 19.1. The molecule has 3 rings (SSSR count). The van der Waals surface area contributed by atoms with Gasteiger partial charge in [-0.15, -0.1) is 0 Å². The van der Waals surface area contributed by atoms with Gasteiger partial charge in [-0.3, -0.25) is 9.78 Å². The lowest BCUT2D eigenvalue weighted by Gasteiger charge is -2.12. The van der Waals surface area contributed by atoms with Crippen LogP contribution in [0.15, 0.2) is 30.6 Å². The molecule has 0 spiro atoms. The van der Waals surface area contributed by atoms with E-state index in [1.807, 2.05) is 0 Å². The van der Waals surface area contributed by atoms with Gasteiger partial charge in [0, 0.05) is 29.2 Å². The number of amides is 1. The van der Waals surface area contributed by atoms with Crippen LogP contribution >= 0.6 is 11.5 Å². The summed E-state index contributed by atoms with van der Waals surface area (Å²) in [5, 5.41) is 4.79. The molecule has 0 radical (unpaired) electrons. The molecule has 0 unspecified atom stereocenters. The van der Waals surface area contributed by atoms with Gasteiger partial charge in [-0.1, -0.05) is 0 Å². The van der Waals surface area contributed by atoms with Crippen molar-refractivity contribution in [3.8, 4) is 5.75 Å². The summed E-state index contributed by atoms with van der Waals surface area (Å²) < 4.78 is 98.0. The van der Waals surface area contributed by atoms with Crippen molar-refractivity contribution >= 4 is 23.1 Å². The summed E-state index contributed by atoms with van der Waals surface area (Å²) in [6.45, 7) is 0.381. The molecule has 2 N–H and O–H groups in total. The number of carbonyl (C=O) groups is 1. The summed E-state index contributed by atoms with van der Waals surface area (Å²) in [6.07, 6.45) is -7.18. The first-order valence-electron chi connectivity index (χ1n) is 10.7. The lowest BCUT2D eigenvalue weighted by Crippen LogP contribution is -2.30. The maximum atomic E-state index is 14.1. The molecule has 200 valence electrons. The highest BCUT2D eigenvalue weighted by molar-refractivity contribution is 7.06. The molecule has 15 heteroatoms. The van der Waals surface area contributed by atoms with Crippen molar-refractivity contribution in [2.75, 3.05) is 25.0 Å². The highest BCUT2D eigenvalue weighted by Gasteiger charge is 2.33. The maximum absolute atomic E-state index is 14.1. The highest BCUT2D eigenvalue weighted by Crippen LogP contribution is 2.28. The first kappa shape index (κ1) is 28.2. The second kappa shape index (κ2) is 11.8. The molecular formula is C22H20F7N5O2S. The third-order valence-electron chi connectivity index (χ3n) is 4.77. The van der Waals surface area contributed by atoms with Crippen molar-refractivity contribution in [3.05, 3.63) is 63.9 Å². The number of alkyl halides is 6. The Morgan fingerprint density at radius 3 is 2.51 bits per heavy atom. The molecule has 2 heterocycles. The summed E-state index contributed by atoms with van der Waals surface area (Å²) in [7, 11) is 0. The molecule has 0 saturated carbocycles. The number of rotatable bonds is 10. The van der Waals surface area contributed by atoms with Crippen molar-refractivity contribution in [2.24, 2.45) is 0 Å². The molecule has 0 bridgehead atoms. The van der Waals surface area contributed by atoms with E-state index in [0.29, 0.717) is 16.8 Å². The fourth-order valence-electron chi connectivity index (χ4n) is 3.08. The topological polar surface area (TPSA) is 89.0 Å². The van der Waals surface area contributed by atoms with E-state index in [9.17, 15) is 35.5 Å². The predicted molar refractivity (Wildman–Crippen MR) is 120 cm³/mol. The number of nitrogens with one attached hydrogen (secondary N) is 2. The summed E-state index contributed by atoms with van der Waals surface area (Å²) in [4.78, 5) is 20.5. The predicted octanol–water partition coefficient (Wildman–Crippen LogP) is 5.16. The molecule has 3 aromatic rings. The van der Waals surface area contributed by atoms with Crippen LogP contribution in [0.1, 0.15) is 38.7 Å². The largest absolute Gasteiger partial charge is 0.490 e. The molecule has 0 saturated heterocycles. The molecule has 0 atom stereocenters. The van der Waals surface area contributed by atoms with Gasteiger partial charge in [-0.2, -0.15) is 30.7 Å². The van der Waals surface area contributed by atoms with Crippen LogP contribution in [0.3, 0.4) is 0 Å². The Bertz CT molecular complexity index is 1210. The number of nitrogens with zero attached hydrogens (tertiary/aromatic N) is 3. The number of benzene rings is 1. The van der Waals surface area contributed by atoms with Crippen molar-refractivity contribution in [1.82, 2.24) is 19.7 Å². The van der Waals surface area contributed by atoms with Gasteiger partial charge in [0.2, 0.25) is 0 Å². The summed E-state index contributed by atoms with van der Waals surface area (Å²) >= 11 is 0.982. The van der Waals surface area contributed by atoms with E-state index in [-0.39, 0.29) is 48.7 Å². The van der Waals surface area contributed by atoms with Gasteiger partial charge in [-0.25, -0.2) is 9.37 Å². The Kier molecular flexibility index (Phi) is 9.02. The van der Waals surface area contributed by atoms with Crippen LogP contribution in [0.4, 0.5) is 36.4 Å². The Hall–Kier alpha value is -3.33. The van der Waals surface area contributed by atoms with Crippen molar-refractivity contribution < 1.29 is 40.3 Å². The fraction of sp³-hybridized carbons (Fsp3) is 0.364. The van der Waals surface area contributed by atoms with Gasteiger partial charge in [0.05, 0.1) is 36.3 Å². The smallest absolute Gasteiger partial charge is 0.434 e. The van der Waals surface area contributed by atoms with Crippen molar-refractivity contribution in [1.29, 1.82) is 0 Å². The average molecular weight is 551 g/mol. The lowest BCUT2D eigenvalue weighted by atomic mass is 10.1. The minimum absolute atomic E-state index is 0.00801. The molecule has 0 aliphatic heterocycles. The van der Waals surface area contributed by atoms with E-state index < -0.39 is 36.3 Å². The highest BCUT2D eigenvalue weighted by atomic mass is 32.1. The Labute approximate surface area is 210 Å². The Morgan fingerprint density at radius 1 is 1.11 bits per heavy atom. The minimum atomic E-state index is -4.63. The molecule has 2 aromatic heterocycles. The summed E-state index contributed by atoms with van der Waals surface area (Å²) in [5.41, 5.74) is -0.187. The molecular weight excluding hydrogens is 531 g/mol. The summed E-state index contributed by atoms with van der Waals surface area (Å²) in [6, 6.07) is 3.58. The van der Waals surface area contributed by atoms with Gasteiger partial charge in [0.1, 0.15) is 0 Å². The molecule has 1 aromatic carbocycles. The molecule has 0 aliphatic rings. The second-order valence-corrected chi connectivity index (χ2v) is 8.58. The monoisotopic (exact) mass is 551 g/mol. The Morgan fingerprint density at radius 2 is 1.86 bits per heavy atom. The SMILES string of the molecule is Cc1nsc(Cc2cnc(C(F)(F)F)cn2)c1C(=O)Nc1ccc(F)c(OCCCNCC(F)(F)F)c1. The minimum Gasteiger partial charge on any atom is -0.490 e. The van der Waals surface area contributed by atoms with Crippen LogP contribution in [-0.4, -0.2) is 46.1 Å². The van der Waals surface area contributed by atoms with Crippen molar-refractivity contribution in [3.63, 3.8) is 0 Å². The lowest BCUT2D eigenvalue weighted by molar-refractivity contribution is -0.141. The molecule has 0 fully saturated rings. The first-order valence-corrected chi connectivity index (χ1v) is 11.5. The van der Waals surface area contributed by atoms with Crippen LogP contribution in [0, 0.1) is 12.7 Å². The number of aryl methyl sites for hydroxylation is 1. The number of hydrogen-bond donors (Lipinski definition) is 2. The zero-order valence-corrected chi connectivity index (χ0v) is 20.0. The van der Waals surface area contributed by atoms with Crippen LogP contribution in [-0.2, 0) is 12.6 Å². The third-order valence-corrected chi connectivity index (χ3v) is 5.70. The molecule has 0 aliphatic carbocycles. The number of anilines is 1. The zero-order chi connectivity index (χ0) is 27.2. The molecule has 37 heavy (non-hydrogen) atoms. The average Bonchev–Trinajstić information content (AvgIpc) is 3.17. The van der Waals surface area contributed by atoms with E-state index in [0.717, 1.165) is 23.8 Å². The van der Waals surface area contributed by atoms with Gasteiger partial charge < -0.3 is 15.4 Å².